The van der Waals surface area contributed by atoms with Crippen LogP contribution in [0.25, 0.3) is 0 Å². The van der Waals surface area contributed by atoms with Crippen LogP contribution in [0.1, 0.15) is 31.9 Å². The normalized spacial score (nSPS) is 26.2. The van der Waals surface area contributed by atoms with Crippen molar-refractivity contribution in [3.8, 4) is 0 Å². The van der Waals surface area contributed by atoms with Crippen molar-refractivity contribution in [2.45, 2.75) is 31.9 Å². The molecule has 2 unspecified atom stereocenters. The van der Waals surface area contributed by atoms with E-state index in [2.05, 4.69) is 41.4 Å². The van der Waals surface area contributed by atoms with Gasteiger partial charge >= 0.3 is 0 Å². The van der Waals surface area contributed by atoms with Crippen LogP contribution in [0, 0.1) is 0 Å². The van der Waals surface area contributed by atoms with Crippen LogP contribution in [0.2, 0.25) is 0 Å². The first kappa shape index (κ1) is 12.4. The third-order valence-corrected chi connectivity index (χ3v) is 3.63. The summed E-state index contributed by atoms with van der Waals surface area (Å²) in [5, 5.41) is 13.3. The molecule has 0 bridgehead atoms. The molecule has 1 fully saturated rings. The zero-order valence-electron chi connectivity index (χ0n) is 10.9. The van der Waals surface area contributed by atoms with Gasteiger partial charge in [0, 0.05) is 24.8 Å². The number of nitrogens with one attached hydrogen (secondary N) is 1. The van der Waals surface area contributed by atoms with Crippen LogP contribution in [0.3, 0.4) is 0 Å². The summed E-state index contributed by atoms with van der Waals surface area (Å²) >= 11 is 0. The van der Waals surface area contributed by atoms with Crippen molar-refractivity contribution in [3.05, 3.63) is 29.8 Å². The molecule has 0 aromatic heterocycles. The van der Waals surface area contributed by atoms with Gasteiger partial charge in [0.05, 0.1) is 5.60 Å². The third-order valence-electron chi connectivity index (χ3n) is 3.63. The van der Waals surface area contributed by atoms with E-state index in [4.69, 9.17) is 0 Å². The van der Waals surface area contributed by atoms with Gasteiger partial charge in [-0.1, -0.05) is 18.2 Å². The highest BCUT2D eigenvalue weighted by Gasteiger charge is 2.32. The molecule has 0 spiro atoms. The number of nitrogens with zero attached hydrogens (tertiary/aromatic N) is 1. The van der Waals surface area contributed by atoms with Gasteiger partial charge in [0.15, 0.2) is 0 Å². The quantitative estimate of drug-likeness (QED) is 0.839. The summed E-state index contributed by atoms with van der Waals surface area (Å²) in [6.45, 7) is 5.73. The van der Waals surface area contributed by atoms with Gasteiger partial charge < -0.3 is 15.3 Å². The monoisotopic (exact) mass is 234 g/mol. The number of hydrogen-bond acceptors (Lipinski definition) is 3. The van der Waals surface area contributed by atoms with Gasteiger partial charge in [0.1, 0.15) is 0 Å². The molecular weight excluding hydrogens is 212 g/mol. The average Bonchev–Trinajstić information content (AvgIpc) is 2.68. The predicted octanol–water partition coefficient (Wildman–Crippen LogP) is 1.93. The van der Waals surface area contributed by atoms with Gasteiger partial charge in [-0.15, -0.1) is 0 Å². The zero-order chi connectivity index (χ0) is 12.5. The molecule has 2 rings (SSSR count). The number of aliphatic hydroxyl groups is 1. The Balaban J connectivity index is 2.27. The second kappa shape index (κ2) is 4.67. The average molecular weight is 234 g/mol. The maximum absolute atomic E-state index is 10.1. The maximum Gasteiger partial charge on any atom is 0.0810 e. The molecule has 0 radical (unpaired) electrons. The lowest BCUT2D eigenvalue weighted by atomic mass is 10.1. The van der Waals surface area contributed by atoms with E-state index in [9.17, 15) is 5.11 Å². The van der Waals surface area contributed by atoms with Crippen molar-refractivity contribution in [3.63, 3.8) is 0 Å². The Morgan fingerprint density at radius 1 is 1.41 bits per heavy atom. The lowest BCUT2D eigenvalue weighted by molar-refractivity contribution is 0.0839. The first-order chi connectivity index (χ1) is 8.03. The Bertz CT molecular complexity index is 390. The molecule has 1 aromatic carbocycles. The van der Waals surface area contributed by atoms with Gasteiger partial charge in [-0.3, -0.25) is 0 Å². The molecule has 1 saturated heterocycles. The molecule has 17 heavy (non-hydrogen) atoms. The van der Waals surface area contributed by atoms with Gasteiger partial charge in [-0.25, -0.2) is 0 Å². The maximum atomic E-state index is 10.1. The summed E-state index contributed by atoms with van der Waals surface area (Å²) in [5.41, 5.74) is 2.00. The van der Waals surface area contributed by atoms with E-state index in [1.54, 1.807) is 0 Å². The molecule has 0 aliphatic carbocycles. The Morgan fingerprint density at radius 3 is 2.71 bits per heavy atom. The summed E-state index contributed by atoms with van der Waals surface area (Å²) in [6, 6.07) is 8.76. The summed E-state index contributed by atoms with van der Waals surface area (Å²) in [7, 11) is 1.97. The van der Waals surface area contributed by atoms with E-state index in [1.807, 2.05) is 14.0 Å². The molecule has 3 heteroatoms. The van der Waals surface area contributed by atoms with Crippen molar-refractivity contribution in [1.82, 2.24) is 5.32 Å². The topological polar surface area (TPSA) is 35.5 Å². The number of benzene rings is 1. The van der Waals surface area contributed by atoms with Crippen LogP contribution >= 0.6 is 0 Å². The molecule has 2 N–H and O–H groups in total. The van der Waals surface area contributed by atoms with Gasteiger partial charge in [0.2, 0.25) is 0 Å². The summed E-state index contributed by atoms with van der Waals surface area (Å²) in [4.78, 5) is 2.28. The van der Waals surface area contributed by atoms with Crippen LogP contribution < -0.4 is 10.2 Å². The van der Waals surface area contributed by atoms with Crippen LogP contribution in [0.5, 0.6) is 0 Å². The van der Waals surface area contributed by atoms with E-state index in [0.717, 1.165) is 19.5 Å². The largest absolute Gasteiger partial charge is 0.388 e. The fourth-order valence-electron chi connectivity index (χ4n) is 2.45. The molecular formula is C14H22N2O. The second-order valence-corrected chi connectivity index (χ2v) is 5.24. The minimum absolute atomic E-state index is 0.330. The molecule has 2 atom stereocenters. The number of β-amino-alcohol motifs (C(OH)–C–C–N with tert-alkyl or cyclic N) is 1. The smallest absolute Gasteiger partial charge is 0.0810 e. The highest BCUT2D eigenvalue weighted by Crippen LogP contribution is 2.31. The fourth-order valence-corrected chi connectivity index (χ4v) is 2.45. The van der Waals surface area contributed by atoms with Crippen LogP contribution in [-0.2, 0) is 0 Å². The van der Waals surface area contributed by atoms with Crippen molar-refractivity contribution in [2.75, 3.05) is 25.0 Å². The minimum Gasteiger partial charge on any atom is -0.388 e. The van der Waals surface area contributed by atoms with Crippen molar-refractivity contribution < 1.29 is 5.11 Å². The number of anilines is 1. The first-order valence-electron chi connectivity index (χ1n) is 6.27. The third kappa shape index (κ3) is 2.61. The van der Waals surface area contributed by atoms with Gasteiger partial charge in [-0.2, -0.15) is 0 Å². The summed E-state index contributed by atoms with van der Waals surface area (Å²) < 4.78 is 0. The minimum atomic E-state index is -0.546. The van der Waals surface area contributed by atoms with Gasteiger partial charge in [-0.05, 0) is 38.9 Å². The Morgan fingerprint density at radius 2 is 2.12 bits per heavy atom. The van der Waals surface area contributed by atoms with Crippen molar-refractivity contribution >= 4 is 5.69 Å². The SMILES string of the molecule is CNC(C)c1ccccc1N1CCC(C)(O)C1. The standard InChI is InChI=1S/C14H22N2O/c1-11(15-3)12-6-4-5-7-13(12)16-9-8-14(2,17)10-16/h4-7,11,15,17H,8-10H2,1-3H3. The molecule has 1 heterocycles. The van der Waals surface area contributed by atoms with Gasteiger partial charge in [0.25, 0.3) is 0 Å². The molecule has 1 aliphatic heterocycles. The van der Waals surface area contributed by atoms with Crippen LogP contribution in [0.15, 0.2) is 24.3 Å². The second-order valence-electron chi connectivity index (χ2n) is 5.24. The Kier molecular flexibility index (Phi) is 3.40. The predicted molar refractivity (Wildman–Crippen MR) is 71.4 cm³/mol. The van der Waals surface area contributed by atoms with E-state index in [0.29, 0.717) is 6.04 Å². The number of rotatable bonds is 3. The van der Waals surface area contributed by atoms with Crippen molar-refractivity contribution in [1.29, 1.82) is 0 Å². The number of hydrogen-bond donors (Lipinski definition) is 2. The molecule has 1 aliphatic rings. The molecule has 0 amide bonds. The van der Waals surface area contributed by atoms with Crippen LogP contribution in [0.4, 0.5) is 5.69 Å². The fraction of sp³-hybridized carbons (Fsp3) is 0.571. The molecule has 3 nitrogen and oxygen atoms in total. The highest BCUT2D eigenvalue weighted by molar-refractivity contribution is 5.56. The summed E-state index contributed by atoms with van der Waals surface area (Å²) in [6.07, 6.45) is 0.843. The van der Waals surface area contributed by atoms with Crippen LogP contribution in [-0.4, -0.2) is 30.8 Å². The highest BCUT2D eigenvalue weighted by atomic mass is 16.3. The zero-order valence-corrected chi connectivity index (χ0v) is 10.9. The Hall–Kier alpha value is -1.06. The lowest BCUT2D eigenvalue weighted by Gasteiger charge is -2.25. The molecule has 94 valence electrons. The van der Waals surface area contributed by atoms with E-state index < -0.39 is 5.60 Å². The lowest BCUT2D eigenvalue weighted by Crippen LogP contribution is -2.30. The van der Waals surface area contributed by atoms with E-state index in [-0.39, 0.29) is 0 Å². The van der Waals surface area contributed by atoms with E-state index >= 15 is 0 Å². The first-order valence-corrected chi connectivity index (χ1v) is 6.27. The summed E-state index contributed by atoms with van der Waals surface area (Å²) in [5.74, 6) is 0. The van der Waals surface area contributed by atoms with Crippen molar-refractivity contribution in [2.24, 2.45) is 0 Å². The molecule has 0 saturated carbocycles. The van der Waals surface area contributed by atoms with E-state index in [1.165, 1.54) is 11.3 Å². The molecule has 1 aromatic rings. The Labute approximate surface area is 103 Å². The number of para-hydroxylation sites is 1.